The Balaban J connectivity index is 1.70. The molecule has 0 atom stereocenters. The molecular weight excluding hydrogens is 535 g/mol. The molecule has 0 aliphatic carbocycles. The lowest BCUT2D eigenvalue weighted by Gasteiger charge is -2.25. The van der Waals surface area contributed by atoms with Gasteiger partial charge in [0.25, 0.3) is 10.0 Å². The molecular formula is C26H25FN2O9S. The molecule has 1 N–H and O–H groups in total. The number of benzene rings is 3. The van der Waals surface area contributed by atoms with Crippen LogP contribution in [0, 0.1) is 5.82 Å². The van der Waals surface area contributed by atoms with Crippen LogP contribution in [0.2, 0.25) is 0 Å². The van der Waals surface area contributed by atoms with E-state index in [2.05, 4.69) is 5.32 Å². The van der Waals surface area contributed by atoms with Crippen molar-refractivity contribution in [1.29, 1.82) is 0 Å². The quantitative estimate of drug-likeness (QED) is 0.392. The van der Waals surface area contributed by atoms with Gasteiger partial charge in [-0.1, -0.05) is 0 Å². The highest BCUT2D eigenvalue weighted by molar-refractivity contribution is 7.92. The number of methoxy groups -OCH3 is 3. The number of carbonyl (C=O) groups is 2. The molecule has 1 aliphatic rings. The first-order valence-electron chi connectivity index (χ1n) is 11.5. The van der Waals surface area contributed by atoms with Crippen LogP contribution in [0.1, 0.15) is 10.4 Å². The van der Waals surface area contributed by atoms with E-state index in [9.17, 15) is 22.4 Å². The summed E-state index contributed by atoms with van der Waals surface area (Å²) in [6.07, 6.45) is 0. The van der Waals surface area contributed by atoms with E-state index in [4.69, 9.17) is 23.7 Å². The number of ether oxygens (including phenoxy) is 5. The number of anilines is 2. The van der Waals surface area contributed by atoms with Gasteiger partial charge in [0, 0.05) is 18.2 Å². The first kappa shape index (κ1) is 27.5. The minimum atomic E-state index is -4.36. The first-order valence-corrected chi connectivity index (χ1v) is 12.9. The number of hydrogen-bond acceptors (Lipinski definition) is 9. The van der Waals surface area contributed by atoms with Crippen molar-refractivity contribution in [1.82, 2.24) is 0 Å². The number of amides is 1. The number of hydrogen-bond donors (Lipinski definition) is 1. The Morgan fingerprint density at radius 3 is 2.21 bits per heavy atom. The van der Waals surface area contributed by atoms with Crippen molar-refractivity contribution in [3.8, 4) is 23.0 Å². The SMILES string of the molecule is COC(=O)c1cc(OC)c(OC)cc1NC(=O)CN(c1ccc(F)cc1)S(=O)(=O)c1ccc2c(c1)OCCO2. The molecule has 0 saturated heterocycles. The zero-order valence-corrected chi connectivity index (χ0v) is 22.0. The molecule has 0 radical (unpaired) electrons. The first-order chi connectivity index (χ1) is 18.7. The molecule has 39 heavy (non-hydrogen) atoms. The van der Waals surface area contributed by atoms with Gasteiger partial charge >= 0.3 is 5.97 Å². The number of rotatable bonds is 9. The van der Waals surface area contributed by atoms with E-state index in [0.29, 0.717) is 12.4 Å². The van der Waals surface area contributed by atoms with Crippen molar-refractivity contribution in [2.24, 2.45) is 0 Å². The van der Waals surface area contributed by atoms with Crippen LogP contribution in [0.25, 0.3) is 0 Å². The average Bonchev–Trinajstić information content (AvgIpc) is 2.95. The summed E-state index contributed by atoms with van der Waals surface area (Å²) in [7, 11) is -0.449. The molecule has 0 fully saturated rings. The zero-order valence-electron chi connectivity index (χ0n) is 21.2. The third kappa shape index (κ3) is 5.82. The van der Waals surface area contributed by atoms with E-state index in [-0.39, 0.29) is 45.7 Å². The lowest BCUT2D eigenvalue weighted by atomic mass is 10.1. The number of nitrogens with zero attached hydrogens (tertiary/aromatic N) is 1. The summed E-state index contributed by atoms with van der Waals surface area (Å²) in [5.74, 6) is -1.13. The van der Waals surface area contributed by atoms with E-state index in [1.54, 1.807) is 0 Å². The Bertz CT molecular complexity index is 1490. The monoisotopic (exact) mass is 560 g/mol. The topological polar surface area (TPSA) is 130 Å². The minimum absolute atomic E-state index is 0.000263. The molecule has 0 bridgehead atoms. The fourth-order valence-corrected chi connectivity index (χ4v) is 5.25. The Morgan fingerprint density at radius 1 is 0.923 bits per heavy atom. The fourth-order valence-electron chi connectivity index (χ4n) is 3.82. The lowest BCUT2D eigenvalue weighted by Crippen LogP contribution is -2.38. The normalized spacial score (nSPS) is 12.3. The number of carbonyl (C=O) groups excluding carboxylic acids is 2. The molecule has 0 saturated carbocycles. The van der Waals surface area contributed by atoms with Crippen molar-refractivity contribution in [3.05, 3.63) is 66.0 Å². The second kappa shape index (κ2) is 11.5. The standard InChI is InChI=1S/C26H25FN2O9S/c1-34-22-13-19(26(31)36-3)20(14-23(22)35-2)28-25(30)15-29(17-6-4-16(27)5-7-17)39(32,33)18-8-9-21-24(12-18)38-11-10-37-21/h4-9,12-14H,10-11,15H2,1-3H3,(H,28,30). The summed E-state index contributed by atoms with van der Waals surface area (Å²) in [5.41, 5.74) is -0.0197. The Kier molecular flexibility index (Phi) is 8.10. The predicted molar refractivity (Wildman–Crippen MR) is 138 cm³/mol. The molecule has 1 aliphatic heterocycles. The van der Waals surface area contributed by atoms with Crippen molar-refractivity contribution in [3.63, 3.8) is 0 Å². The minimum Gasteiger partial charge on any atom is -0.493 e. The van der Waals surface area contributed by atoms with Gasteiger partial charge in [-0.25, -0.2) is 17.6 Å². The van der Waals surface area contributed by atoms with E-state index in [1.165, 1.54) is 63.8 Å². The molecule has 3 aromatic rings. The van der Waals surface area contributed by atoms with Crippen LogP contribution in [-0.2, 0) is 19.6 Å². The third-order valence-corrected chi connectivity index (χ3v) is 7.48. The summed E-state index contributed by atoms with van der Waals surface area (Å²) >= 11 is 0. The number of fused-ring (bicyclic) bond motifs is 1. The van der Waals surface area contributed by atoms with Crippen molar-refractivity contribution < 1.29 is 46.1 Å². The molecule has 1 heterocycles. The Labute approximate surface area is 224 Å². The van der Waals surface area contributed by atoms with Gasteiger partial charge in [0.05, 0.1) is 43.2 Å². The largest absolute Gasteiger partial charge is 0.493 e. The van der Waals surface area contributed by atoms with Crippen LogP contribution in [0.15, 0.2) is 59.5 Å². The molecule has 3 aromatic carbocycles. The second-order valence-corrected chi connectivity index (χ2v) is 9.95. The number of sulfonamides is 1. The van der Waals surface area contributed by atoms with Crippen LogP contribution in [0.3, 0.4) is 0 Å². The highest BCUT2D eigenvalue weighted by Gasteiger charge is 2.30. The van der Waals surface area contributed by atoms with Gasteiger partial charge in [-0.05, 0) is 36.4 Å². The molecule has 0 spiro atoms. The molecule has 1 amide bonds. The average molecular weight is 561 g/mol. The molecule has 11 nitrogen and oxygen atoms in total. The molecule has 206 valence electrons. The van der Waals surface area contributed by atoms with Gasteiger partial charge in [-0.2, -0.15) is 0 Å². The van der Waals surface area contributed by atoms with Crippen LogP contribution in [-0.4, -0.2) is 61.4 Å². The van der Waals surface area contributed by atoms with Crippen molar-refractivity contribution in [2.75, 3.05) is 50.7 Å². The van der Waals surface area contributed by atoms with Crippen LogP contribution >= 0.6 is 0 Å². The maximum absolute atomic E-state index is 13.7. The highest BCUT2D eigenvalue weighted by atomic mass is 32.2. The summed E-state index contributed by atoms with van der Waals surface area (Å²) < 4.78 is 68.2. The van der Waals surface area contributed by atoms with Gasteiger partial charge in [-0.3, -0.25) is 9.10 Å². The summed E-state index contributed by atoms with van der Waals surface area (Å²) in [5, 5.41) is 2.54. The zero-order chi connectivity index (χ0) is 28.2. The van der Waals surface area contributed by atoms with Crippen LogP contribution in [0.5, 0.6) is 23.0 Å². The third-order valence-electron chi connectivity index (χ3n) is 5.71. The maximum Gasteiger partial charge on any atom is 0.340 e. The molecule has 0 unspecified atom stereocenters. The summed E-state index contributed by atoms with van der Waals surface area (Å²) in [6, 6.07) is 11.3. The molecule has 0 aromatic heterocycles. The summed E-state index contributed by atoms with van der Waals surface area (Å²) in [4.78, 5) is 25.4. The van der Waals surface area contributed by atoms with Gasteiger partial charge in [-0.15, -0.1) is 0 Å². The predicted octanol–water partition coefficient (Wildman–Crippen LogP) is 3.23. The van der Waals surface area contributed by atoms with E-state index in [0.717, 1.165) is 16.4 Å². The fraction of sp³-hybridized carbons (Fsp3) is 0.231. The second-order valence-electron chi connectivity index (χ2n) is 8.09. The van der Waals surface area contributed by atoms with Crippen LogP contribution in [0.4, 0.5) is 15.8 Å². The lowest BCUT2D eigenvalue weighted by molar-refractivity contribution is -0.114. The summed E-state index contributed by atoms with van der Waals surface area (Å²) in [6.45, 7) is -0.156. The van der Waals surface area contributed by atoms with Gasteiger partial charge < -0.3 is 29.0 Å². The van der Waals surface area contributed by atoms with Crippen molar-refractivity contribution in [2.45, 2.75) is 4.90 Å². The Morgan fingerprint density at radius 2 is 1.56 bits per heavy atom. The Hall–Kier alpha value is -4.52. The van der Waals surface area contributed by atoms with E-state index in [1.807, 2.05) is 0 Å². The van der Waals surface area contributed by atoms with Crippen molar-refractivity contribution >= 4 is 33.3 Å². The molecule has 13 heteroatoms. The maximum atomic E-state index is 13.7. The number of nitrogens with one attached hydrogen (secondary N) is 1. The van der Waals surface area contributed by atoms with Gasteiger partial charge in [0.1, 0.15) is 25.6 Å². The van der Waals surface area contributed by atoms with Crippen LogP contribution < -0.4 is 28.6 Å². The number of halogens is 1. The highest BCUT2D eigenvalue weighted by Crippen LogP contribution is 2.35. The molecule has 4 rings (SSSR count). The smallest absolute Gasteiger partial charge is 0.340 e. The van der Waals surface area contributed by atoms with Gasteiger partial charge in [0.2, 0.25) is 5.91 Å². The van der Waals surface area contributed by atoms with Gasteiger partial charge in [0.15, 0.2) is 23.0 Å². The number of esters is 1. The van der Waals surface area contributed by atoms with E-state index >= 15 is 0 Å². The van der Waals surface area contributed by atoms with E-state index < -0.39 is 34.3 Å².